The second-order valence-electron chi connectivity index (χ2n) is 7.40. The normalized spacial score (nSPS) is 21.0. The molecule has 7 heteroatoms. The van der Waals surface area contributed by atoms with Crippen LogP contribution in [0.1, 0.15) is 42.4 Å². The highest BCUT2D eigenvalue weighted by Gasteiger charge is 2.45. The molecule has 2 aromatic rings. The summed E-state index contributed by atoms with van der Waals surface area (Å²) in [6.45, 7) is 6.26. The Morgan fingerprint density at radius 3 is 2.72 bits per heavy atom. The molecule has 1 saturated heterocycles. The summed E-state index contributed by atoms with van der Waals surface area (Å²) in [5, 5.41) is 5.33. The Hall–Kier alpha value is -1.37. The van der Waals surface area contributed by atoms with Crippen molar-refractivity contribution in [2.24, 2.45) is 7.05 Å². The Bertz CT molecular complexity index is 756. The van der Waals surface area contributed by atoms with Crippen molar-refractivity contribution in [3.05, 3.63) is 34.1 Å². The lowest BCUT2D eigenvalue weighted by Crippen LogP contribution is -2.54. The number of nitrogens with zero attached hydrogens (tertiary/aromatic N) is 5. The minimum atomic E-state index is 0.0937. The molecular weight excluding hydrogens is 336 g/mol. The molecule has 0 bridgehead atoms. The van der Waals surface area contributed by atoms with Gasteiger partial charge in [0.05, 0.1) is 23.3 Å². The second kappa shape index (κ2) is 6.41. The molecule has 1 spiro atoms. The molecule has 1 N–H and O–H groups in total. The van der Waals surface area contributed by atoms with Crippen LogP contribution in [0.15, 0.2) is 6.33 Å². The van der Waals surface area contributed by atoms with E-state index in [1.54, 1.807) is 4.68 Å². The summed E-state index contributed by atoms with van der Waals surface area (Å²) >= 11 is 6.48. The second-order valence-corrected chi connectivity index (χ2v) is 7.76. The summed E-state index contributed by atoms with van der Waals surface area (Å²) in [6, 6.07) is 0. The number of imidazole rings is 1. The highest BCUT2D eigenvalue weighted by Crippen LogP contribution is 2.41. The van der Waals surface area contributed by atoms with E-state index in [-0.39, 0.29) is 5.54 Å². The van der Waals surface area contributed by atoms with E-state index in [0.29, 0.717) is 0 Å². The van der Waals surface area contributed by atoms with Gasteiger partial charge in [-0.1, -0.05) is 18.5 Å². The number of hydrogen-bond donors (Lipinski definition) is 1. The third-order valence-electron chi connectivity index (χ3n) is 6.14. The number of aryl methyl sites for hydroxylation is 2. The summed E-state index contributed by atoms with van der Waals surface area (Å²) in [5.74, 6) is 0. The molecule has 0 amide bonds. The standard InChI is InChI=1S/C18H27ClN6/c1-4-14-13(17(19)24(3)22-14)11-25-9-6-18(7-10-25)16-15(20-12-21-16)5-8-23(18)2/h12H,4-11H2,1-3H3,(H,20,21). The molecule has 0 radical (unpaired) electrons. The van der Waals surface area contributed by atoms with Gasteiger partial charge in [-0.3, -0.25) is 14.5 Å². The number of H-pyrrole nitrogens is 1. The number of piperidine rings is 1. The maximum Gasteiger partial charge on any atom is 0.131 e. The van der Waals surface area contributed by atoms with Crippen molar-refractivity contribution in [3.8, 4) is 0 Å². The van der Waals surface area contributed by atoms with Crippen LogP contribution < -0.4 is 0 Å². The number of rotatable bonds is 3. The molecule has 2 aliphatic heterocycles. The average Bonchev–Trinajstić information content (AvgIpc) is 3.20. The van der Waals surface area contributed by atoms with E-state index >= 15 is 0 Å². The van der Waals surface area contributed by atoms with Crippen LogP contribution in [0.3, 0.4) is 0 Å². The van der Waals surface area contributed by atoms with Gasteiger partial charge in [-0.25, -0.2) is 4.98 Å². The summed E-state index contributed by atoms with van der Waals surface area (Å²) < 4.78 is 1.80. The van der Waals surface area contributed by atoms with E-state index in [1.807, 2.05) is 13.4 Å². The first kappa shape index (κ1) is 17.1. The Morgan fingerprint density at radius 1 is 1.24 bits per heavy atom. The van der Waals surface area contributed by atoms with Crippen LogP contribution in [0.2, 0.25) is 5.15 Å². The lowest BCUT2D eigenvalue weighted by atomic mass is 9.79. The van der Waals surface area contributed by atoms with Gasteiger partial charge in [0, 0.05) is 50.9 Å². The number of hydrogen-bond acceptors (Lipinski definition) is 4. The molecule has 0 unspecified atom stereocenters. The molecule has 2 aliphatic rings. The van der Waals surface area contributed by atoms with Gasteiger partial charge in [0.2, 0.25) is 0 Å². The van der Waals surface area contributed by atoms with E-state index in [9.17, 15) is 0 Å². The van der Waals surface area contributed by atoms with E-state index in [1.165, 1.54) is 17.0 Å². The van der Waals surface area contributed by atoms with Crippen molar-refractivity contribution in [2.75, 3.05) is 26.7 Å². The Kier molecular flexibility index (Phi) is 4.38. The fourth-order valence-corrected chi connectivity index (χ4v) is 4.76. The third-order valence-corrected chi connectivity index (χ3v) is 6.61. The summed E-state index contributed by atoms with van der Waals surface area (Å²) in [6.07, 6.45) is 6.08. The zero-order valence-electron chi connectivity index (χ0n) is 15.3. The average molecular weight is 363 g/mol. The Balaban J connectivity index is 1.51. The summed E-state index contributed by atoms with van der Waals surface area (Å²) in [5.41, 5.74) is 5.01. The molecule has 136 valence electrons. The molecule has 6 nitrogen and oxygen atoms in total. The van der Waals surface area contributed by atoms with Gasteiger partial charge in [-0.15, -0.1) is 0 Å². The van der Waals surface area contributed by atoms with Gasteiger partial charge in [0.1, 0.15) is 5.15 Å². The molecule has 1 fully saturated rings. The molecule has 25 heavy (non-hydrogen) atoms. The zero-order chi connectivity index (χ0) is 17.6. The largest absolute Gasteiger partial charge is 0.348 e. The van der Waals surface area contributed by atoms with Crippen molar-refractivity contribution in [3.63, 3.8) is 0 Å². The van der Waals surface area contributed by atoms with E-state index < -0.39 is 0 Å². The van der Waals surface area contributed by atoms with E-state index in [2.05, 4.69) is 38.8 Å². The molecule has 0 aromatic carbocycles. The van der Waals surface area contributed by atoms with Crippen molar-refractivity contribution in [2.45, 2.75) is 44.7 Å². The van der Waals surface area contributed by atoms with Gasteiger partial charge in [-0.05, 0) is 26.3 Å². The van der Waals surface area contributed by atoms with E-state index in [0.717, 1.165) is 62.7 Å². The van der Waals surface area contributed by atoms with Gasteiger partial charge in [-0.2, -0.15) is 5.10 Å². The fraction of sp³-hybridized carbons (Fsp3) is 0.667. The number of likely N-dealkylation sites (N-methyl/N-ethyl adjacent to an activating group) is 1. The summed E-state index contributed by atoms with van der Waals surface area (Å²) in [4.78, 5) is 13.1. The number of halogens is 1. The first-order valence-corrected chi connectivity index (χ1v) is 9.59. The quantitative estimate of drug-likeness (QED) is 0.910. The lowest BCUT2D eigenvalue weighted by Gasteiger charge is -2.49. The van der Waals surface area contributed by atoms with Crippen molar-refractivity contribution in [1.82, 2.24) is 29.5 Å². The number of likely N-dealkylation sites (tertiary alicyclic amines) is 1. The van der Waals surface area contributed by atoms with Crippen molar-refractivity contribution in [1.29, 1.82) is 0 Å². The molecule has 4 heterocycles. The number of nitrogens with one attached hydrogen (secondary N) is 1. The lowest BCUT2D eigenvalue weighted by molar-refractivity contribution is 0.0221. The van der Waals surface area contributed by atoms with Gasteiger partial charge >= 0.3 is 0 Å². The number of fused-ring (bicyclic) bond motifs is 2. The van der Waals surface area contributed by atoms with Crippen LogP contribution in [-0.4, -0.2) is 56.2 Å². The van der Waals surface area contributed by atoms with Crippen molar-refractivity contribution < 1.29 is 0 Å². The third kappa shape index (κ3) is 2.71. The molecule has 2 aromatic heterocycles. The predicted octanol–water partition coefficient (Wildman–Crippen LogP) is 2.34. The van der Waals surface area contributed by atoms with Crippen molar-refractivity contribution >= 4 is 11.6 Å². The van der Waals surface area contributed by atoms with Crippen LogP contribution >= 0.6 is 11.6 Å². The Labute approximate surface area is 154 Å². The van der Waals surface area contributed by atoms with Crippen LogP contribution in [0.5, 0.6) is 0 Å². The molecule has 0 saturated carbocycles. The SMILES string of the molecule is CCc1nn(C)c(Cl)c1CN1CCC2(CC1)c1nc[nH]c1CCN2C. The maximum atomic E-state index is 6.48. The highest BCUT2D eigenvalue weighted by molar-refractivity contribution is 6.30. The number of aromatic nitrogens is 4. The van der Waals surface area contributed by atoms with Gasteiger partial charge in [0.15, 0.2) is 0 Å². The van der Waals surface area contributed by atoms with Crippen LogP contribution in [0, 0.1) is 0 Å². The zero-order valence-corrected chi connectivity index (χ0v) is 16.1. The predicted molar refractivity (Wildman–Crippen MR) is 98.7 cm³/mol. The smallest absolute Gasteiger partial charge is 0.131 e. The topological polar surface area (TPSA) is 53.0 Å². The minimum absolute atomic E-state index is 0.0937. The first-order chi connectivity index (χ1) is 12.0. The van der Waals surface area contributed by atoms with Crippen LogP contribution in [-0.2, 0) is 32.0 Å². The van der Waals surface area contributed by atoms with Crippen LogP contribution in [0.25, 0.3) is 0 Å². The summed E-state index contributed by atoms with van der Waals surface area (Å²) in [7, 11) is 4.17. The maximum absolute atomic E-state index is 6.48. The molecule has 0 aliphatic carbocycles. The molecular formula is C18H27ClN6. The van der Waals surface area contributed by atoms with Gasteiger partial charge < -0.3 is 4.98 Å². The fourth-order valence-electron chi connectivity index (χ4n) is 4.55. The van der Waals surface area contributed by atoms with Gasteiger partial charge in [0.25, 0.3) is 0 Å². The molecule has 0 atom stereocenters. The highest BCUT2D eigenvalue weighted by atomic mass is 35.5. The number of aromatic amines is 1. The van der Waals surface area contributed by atoms with Crippen LogP contribution in [0.4, 0.5) is 0 Å². The van der Waals surface area contributed by atoms with E-state index in [4.69, 9.17) is 11.6 Å². The Morgan fingerprint density at radius 2 is 2.00 bits per heavy atom. The molecule has 4 rings (SSSR count). The monoisotopic (exact) mass is 362 g/mol. The minimum Gasteiger partial charge on any atom is -0.348 e. The first-order valence-electron chi connectivity index (χ1n) is 9.21.